The molecule has 11 heavy (non-hydrogen) atoms. The smallest absolute Gasteiger partial charge is 0.0989 e. The summed E-state index contributed by atoms with van der Waals surface area (Å²) >= 11 is 0. The van der Waals surface area contributed by atoms with Crippen LogP contribution in [0.1, 0.15) is 0 Å². The van der Waals surface area contributed by atoms with Crippen molar-refractivity contribution in [1.82, 2.24) is 5.32 Å². The fraction of sp³-hybridized carbons (Fsp3) is 1.00. The van der Waals surface area contributed by atoms with Gasteiger partial charge in [0.05, 0.1) is 24.9 Å². The summed E-state index contributed by atoms with van der Waals surface area (Å²) in [6.07, 6.45) is -1.91. The standard InChI is InChI=1S/C6H14N2O3/c7-3-1-8-4(2-9)6(11)5(3)10/h3-6,8-11H,1-2,7H2/t3-,4+,5+,6+/m0/s1. The van der Waals surface area contributed by atoms with Crippen LogP contribution in [0.3, 0.4) is 0 Å². The summed E-state index contributed by atoms with van der Waals surface area (Å²) in [5.41, 5.74) is 5.43. The van der Waals surface area contributed by atoms with Crippen LogP contribution in [0.25, 0.3) is 0 Å². The SMILES string of the molecule is N[C@H]1CN[C@H](CO)[C@@H](O)[C@@H]1O. The average molecular weight is 162 g/mol. The Balaban J connectivity index is 2.52. The van der Waals surface area contributed by atoms with E-state index < -0.39 is 24.3 Å². The molecule has 5 nitrogen and oxygen atoms in total. The Bertz CT molecular complexity index is 131. The lowest BCUT2D eigenvalue weighted by molar-refractivity contribution is -0.0480. The van der Waals surface area contributed by atoms with Gasteiger partial charge in [0.1, 0.15) is 0 Å². The summed E-state index contributed by atoms with van der Waals surface area (Å²) in [5, 5.41) is 30.0. The van der Waals surface area contributed by atoms with Crippen LogP contribution in [-0.2, 0) is 0 Å². The van der Waals surface area contributed by atoms with Gasteiger partial charge in [-0.2, -0.15) is 0 Å². The van der Waals surface area contributed by atoms with E-state index in [0.717, 1.165) is 0 Å². The second-order valence-electron chi connectivity index (χ2n) is 2.84. The maximum absolute atomic E-state index is 9.26. The van der Waals surface area contributed by atoms with E-state index in [1.54, 1.807) is 0 Å². The molecule has 1 aliphatic rings. The molecule has 66 valence electrons. The van der Waals surface area contributed by atoms with Gasteiger partial charge >= 0.3 is 0 Å². The Morgan fingerprint density at radius 2 is 2.00 bits per heavy atom. The van der Waals surface area contributed by atoms with Gasteiger partial charge in [-0.15, -0.1) is 0 Å². The van der Waals surface area contributed by atoms with E-state index in [-0.39, 0.29) is 6.61 Å². The monoisotopic (exact) mass is 162 g/mol. The molecular weight excluding hydrogens is 148 g/mol. The number of aliphatic hydroxyl groups is 3. The van der Waals surface area contributed by atoms with Crippen molar-refractivity contribution in [2.24, 2.45) is 5.73 Å². The van der Waals surface area contributed by atoms with Crippen molar-refractivity contribution in [2.45, 2.75) is 24.3 Å². The molecule has 0 spiro atoms. The first-order valence-corrected chi connectivity index (χ1v) is 3.62. The first kappa shape index (κ1) is 8.89. The van der Waals surface area contributed by atoms with Crippen molar-refractivity contribution in [3.8, 4) is 0 Å². The molecule has 1 heterocycles. The highest BCUT2D eigenvalue weighted by atomic mass is 16.3. The number of hydrogen-bond donors (Lipinski definition) is 5. The van der Waals surface area contributed by atoms with E-state index in [1.807, 2.05) is 0 Å². The molecular formula is C6H14N2O3. The predicted octanol–water partition coefficient (Wildman–Crippen LogP) is -3.00. The highest BCUT2D eigenvalue weighted by molar-refractivity contribution is 4.93. The molecule has 1 saturated heterocycles. The van der Waals surface area contributed by atoms with E-state index in [4.69, 9.17) is 10.8 Å². The van der Waals surface area contributed by atoms with Crippen LogP contribution >= 0.6 is 0 Å². The summed E-state index contributed by atoms with van der Waals surface area (Å²) in [6.45, 7) is 0.231. The zero-order valence-corrected chi connectivity index (χ0v) is 6.14. The molecule has 1 aliphatic heterocycles. The van der Waals surface area contributed by atoms with Crippen LogP contribution in [-0.4, -0.2) is 52.8 Å². The number of piperidine rings is 1. The molecule has 1 rings (SSSR count). The summed E-state index contributed by atoms with van der Waals surface area (Å²) in [6, 6.07) is -0.905. The Kier molecular flexibility index (Phi) is 2.80. The van der Waals surface area contributed by atoms with E-state index in [9.17, 15) is 10.2 Å². The molecule has 0 unspecified atom stereocenters. The fourth-order valence-electron chi connectivity index (χ4n) is 1.19. The number of aliphatic hydroxyl groups excluding tert-OH is 3. The molecule has 0 radical (unpaired) electrons. The van der Waals surface area contributed by atoms with Crippen LogP contribution < -0.4 is 11.1 Å². The average Bonchev–Trinajstić information content (AvgIpc) is 2.01. The first-order valence-electron chi connectivity index (χ1n) is 3.62. The Morgan fingerprint density at radius 3 is 2.55 bits per heavy atom. The van der Waals surface area contributed by atoms with Gasteiger partial charge in [-0.25, -0.2) is 0 Å². The summed E-state index contributed by atoms with van der Waals surface area (Å²) in [5.74, 6) is 0. The summed E-state index contributed by atoms with van der Waals surface area (Å²) in [7, 11) is 0. The molecule has 0 aromatic heterocycles. The zero-order chi connectivity index (χ0) is 8.43. The van der Waals surface area contributed by atoms with E-state index in [2.05, 4.69) is 5.32 Å². The predicted molar refractivity (Wildman–Crippen MR) is 38.9 cm³/mol. The van der Waals surface area contributed by atoms with E-state index in [0.29, 0.717) is 6.54 Å². The molecule has 0 saturated carbocycles. The van der Waals surface area contributed by atoms with E-state index in [1.165, 1.54) is 0 Å². The van der Waals surface area contributed by atoms with Crippen LogP contribution in [0.2, 0.25) is 0 Å². The molecule has 0 amide bonds. The van der Waals surface area contributed by atoms with Crippen molar-refractivity contribution in [1.29, 1.82) is 0 Å². The lowest BCUT2D eigenvalue weighted by Crippen LogP contribution is -2.63. The van der Waals surface area contributed by atoms with Gasteiger partial charge in [0.2, 0.25) is 0 Å². The van der Waals surface area contributed by atoms with Crippen LogP contribution in [0.4, 0.5) is 0 Å². The van der Waals surface area contributed by atoms with Crippen molar-refractivity contribution in [3.63, 3.8) is 0 Å². The van der Waals surface area contributed by atoms with Crippen molar-refractivity contribution in [2.75, 3.05) is 13.2 Å². The molecule has 0 aliphatic carbocycles. The maximum Gasteiger partial charge on any atom is 0.0989 e. The third-order valence-corrected chi connectivity index (χ3v) is 2.01. The first-order chi connectivity index (χ1) is 5.16. The zero-order valence-electron chi connectivity index (χ0n) is 6.14. The van der Waals surface area contributed by atoms with Gasteiger partial charge < -0.3 is 26.4 Å². The number of hydrogen-bond acceptors (Lipinski definition) is 5. The van der Waals surface area contributed by atoms with Gasteiger partial charge in [0.15, 0.2) is 0 Å². The Hall–Kier alpha value is -0.200. The van der Waals surface area contributed by atoms with Gasteiger partial charge in [0.25, 0.3) is 0 Å². The minimum atomic E-state index is -0.969. The van der Waals surface area contributed by atoms with Gasteiger partial charge in [0, 0.05) is 12.6 Å². The normalized spacial score (nSPS) is 45.8. The number of rotatable bonds is 1. The lowest BCUT2D eigenvalue weighted by atomic mass is 9.95. The van der Waals surface area contributed by atoms with Crippen molar-refractivity contribution in [3.05, 3.63) is 0 Å². The third-order valence-electron chi connectivity index (χ3n) is 2.01. The Labute approximate surface area is 64.8 Å². The highest BCUT2D eigenvalue weighted by Gasteiger charge is 2.34. The minimum absolute atomic E-state index is 0.190. The minimum Gasteiger partial charge on any atom is -0.395 e. The fourth-order valence-corrected chi connectivity index (χ4v) is 1.19. The largest absolute Gasteiger partial charge is 0.395 e. The quantitative estimate of drug-likeness (QED) is 0.283. The van der Waals surface area contributed by atoms with Crippen LogP contribution in [0.5, 0.6) is 0 Å². The van der Waals surface area contributed by atoms with Crippen LogP contribution in [0, 0.1) is 0 Å². The second-order valence-corrected chi connectivity index (χ2v) is 2.84. The van der Waals surface area contributed by atoms with Gasteiger partial charge in [-0.05, 0) is 0 Å². The van der Waals surface area contributed by atoms with Gasteiger partial charge in [-0.3, -0.25) is 0 Å². The topological polar surface area (TPSA) is 98.7 Å². The van der Waals surface area contributed by atoms with E-state index >= 15 is 0 Å². The molecule has 0 aromatic carbocycles. The molecule has 0 bridgehead atoms. The van der Waals surface area contributed by atoms with Gasteiger partial charge in [-0.1, -0.05) is 0 Å². The van der Waals surface area contributed by atoms with Crippen LogP contribution in [0.15, 0.2) is 0 Å². The highest BCUT2D eigenvalue weighted by Crippen LogP contribution is 2.08. The second kappa shape index (κ2) is 3.46. The molecule has 1 fully saturated rings. The molecule has 6 N–H and O–H groups in total. The van der Waals surface area contributed by atoms with Crippen molar-refractivity contribution < 1.29 is 15.3 Å². The molecule has 4 atom stereocenters. The summed E-state index contributed by atoms with van der Waals surface area (Å²) in [4.78, 5) is 0. The molecule has 5 heteroatoms. The summed E-state index contributed by atoms with van der Waals surface area (Å²) < 4.78 is 0. The Morgan fingerprint density at radius 1 is 1.36 bits per heavy atom. The molecule has 0 aromatic rings. The number of nitrogens with one attached hydrogen (secondary N) is 1. The number of nitrogens with two attached hydrogens (primary N) is 1. The van der Waals surface area contributed by atoms with Crippen molar-refractivity contribution >= 4 is 0 Å². The third kappa shape index (κ3) is 1.69. The lowest BCUT2D eigenvalue weighted by Gasteiger charge is -2.35. The maximum atomic E-state index is 9.26.